The van der Waals surface area contributed by atoms with Crippen LogP contribution in [0.25, 0.3) is 0 Å². The first kappa shape index (κ1) is 22.0. The zero-order valence-electron chi connectivity index (χ0n) is 17.4. The number of carbonyl (C=O) groups excluding carboxylic acids is 3. The maximum Gasteiger partial charge on any atom is 0.410 e. The highest BCUT2D eigenvalue weighted by Gasteiger charge is 2.31. The van der Waals surface area contributed by atoms with Gasteiger partial charge in [0.1, 0.15) is 23.3 Å². The number of amides is 3. The molecule has 2 heterocycles. The van der Waals surface area contributed by atoms with Crippen molar-refractivity contribution >= 4 is 23.6 Å². The van der Waals surface area contributed by atoms with Crippen molar-refractivity contribution in [3.8, 4) is 0 Å². The molecule has 0 aromatic heterocycles. The van der Waals surface area contributed by atoms with Crippen molar-refractivity contribution in [3.63, 3.8) is 0 Å². The van der Waals surface area contributed by atoms with Crippen molar-refractivity contribution in [2.45, 2.75) is 64.0 Å². The zero-order valence-corrected chi connectivity index (χ0v) is 17.4. The third kappa shape index (κ3) is 5.25. The fraction of sp³-hybridized carbons (Fsp3) is 0.571. The quantitative estimate of drug-likeness (QED) is 0.729. The molecule has 2 fully saturated rings. The van der Waals surface area contributed by atoms with E-state index in [0.717, 1.165) is 0 Å². The van der Waals surface area contributed by atoms with Gasteiger partial charge in [-0.3, -0.25) is 14.9 Å². The van der Waals surface area contributed by atoms with Crippen LogP contribution in [0.2, 0.25) is 0 Å². The summed E-state index contributed by atoms with van der Waals surface area (Å²) in [6, 6.07) is 1.62. The molecular weight excluding hydrogens is 396 g/mol. The van der Waals surface area contributed by atoms with Gasteiger partial charge in [0.05, 0.1) is 0 Å². The normalized spacial score (nSPS) is 20.7. The second kappa shape index (κ2) is 8.57. The molecule has 1 atom stereocenters. The van der Waals surface area contributed by atoms with E-state index in [9.17, 15) is 23.2 Å². The SMILES string of the molecule is CC(C)(C)OC(=O)N1CCC(c2c(F)cc(NC3CCC(=O)NC3=O)cc2F)CC1. The van der Waals surface area contributed by atoms with Gasteiger partial charge in [0.25, 0.3) is 0 Å². The topological polar surface area (TPSA) is 87.7 Å². The lowest BCUT2D eigenvalue weighted by molar-refractivity contribution is -0.133. The Morgan fingerprint density at radius 2 is 1.73 bits per heavy atom. The lowest BCUT2D eigenvalue weighted by Gasteiger charge is -2.34. The van der Waals surface area contributed by atoms with E-state index >= 15 is 0 Å². The van der Waals surface area contributed by atoms with Gasteiger partial charge < -0.3 is 15.0 Å². The molecule has 2 saturated heterocycles. The molecule has 0 radical (unpaired) electrons. The van der Waals surface area contributed by atoms with Crippen LogP contribution in [0.15, 0.2) is 12.1 Å². The molecule has 2 aliphatic rings. The van der Waals surface area contributed by atoms with Crippen LogP contribution in [0, 0.1) is 11.6 Å². The van der Waals surface area contributed by atoms with Crippen LogP contribution in [0.1, 0.15) is 57.9 Å². The van der Waals surface area contributed by atoms with E-state index in [-0.39, 0.29) is 35.9 Å². The fourth-order valence-electron chi connectivity index (χ4n) is 3.77. The third-order valence-corrected chi connectivity index (χ3v) is 5.21. The van der Waals surface area contributed by atoms with Crippen molar-refractivity contribution in [1.29, 1.82) is 0 Å². The van der Waals surface area contributed by atoms with Crippen LogP contribution < -0.4 is 10.6 Å². The highest BCUT2D eigenvalue weighted by Crippen LogP contribution is 2.34. The molecule has 1 unspecified atom stereocenters. The molecule has 0 aliphatic carbocycles. The van der Waals surface area contributed by atoms with E-state index < -0.39 is 35.3 Å². The largest absolute Gasteiger partial charge is 0.444 e. The second-order valence-corrected chi connectivity index (χ2v) is 8.74. The fourth-order valence-corrected chi connectivity index (χ4v) is 3.77. The molecule has 7 nitrogen and oxygen atoms in total. The molecular formula is C21H27F2N3O4. The Morgan fingerprint density at radius 1 is 1.13 bits per heavy atom. The Hall–Kier alpha value is -2.71. The number of piperidine rings is 2. The third-order valence-electron chi connectivity index (χ3n) is 5.21. The molecule has 0 spiro atoms. The first-order valence-electron chi connectivity index (χ1n) is 10.1. The Labute approximate surface area is 174 Å². The first-order chi connectivity index (χ1) is 14.0. The minimum absolute atomic E-state index is 0.00679. The summed E-state index contributed by atoms with van der Waals surface area (Å²) in [6.07, 6.45) is 0.854. The number of hydrogen-bond donors (Lipinski definition) is 2. The highest BCUT2D eigenvalue weighted by atomic mass is 19.1. The molecule has 9 heteroatoms. The number of ether oxygens (including phenoxy) is 1. The summed E-state index contributed by atoms with van der Waals surface area (Å²) in [4.78, 5) is 36.8. The number of nitrogens with zero attached hydrogens (tertiary/aromatic N) is 1. The zero-order chi connectivity index (χ0) is 22.1. The van der Waals surface area contributed by atoms with Crippen molar-refractivity contribution < 1.29 is 27.9 Å². The predicted molar refractivity (Wildman–Crippen MR) is 106 cm³/mol. The average Bonchev–Trinajstić information content (AvgIpc) is 2.63. The first-order valence-corrected chi connectivity index (χ1v) is 10.1. The summed E-state index contributed by atoms with van der Waals surface area (Å²) < 4.78 is 34.8. The van der Waals surface area contributed by atoms with Gasteiger partial charge in [-0.25, -0.2) is 13.6 Å². The summed E-state index contributed by atoms with van der Waals surface area (Å²) in [5.74, 6) is -2.61. The molecule has 2 aliphatic heterocycles. The molecule has 30 heavy (non-hydrogen) atoms. The molecule has 3 amide bonds. The van der Waals surface area contributed by atoms with Gasteiger partial charge in [0.15, 0.2) is 0 Å². The van der Waals surface area contributed by atoms with E-state index in [4.69, 9.17) is 4.74 Å². The van der Waals surface area contributed by atoms with Gasteiger partial charge in [0.2, 0.25) is 11.8 Å². The molecule has 2 N–H and O–H groups in total. The summed E-state index contributed by atoms with van der Waals surface area (Å²) in [5, 5.41) is 4.99. The Morgan fingerprint density at radius 3 is 2.27 bits per heavy atom. The van der Waals surface area contributed by atoms with E-state index in [1.807, 2.05) is 0 Å². The van der Waals surface area contributed by atoms with Crippen LogP contribution in [0.5, 0.6) is 0 Å². The van der Waals surface area contributed by atoms with Gasteiger partial charge in [-0.2, -0.15) is 0 Å². The minimum Gasteiger partial charge on any atom is -0.444 e. The number of carbonyl (C=O) groups is 3. The van der Waals surface area contributed by atoms with E-state index in [1.54, 1.807) is 25.7 Å². The Balaban J connectivity index is 1.64. The monoisotopic (exact) mass is 423 g/mol. The second-order valence-electron chi connectivity index (χ2n) is 8.74. The number of anilines is 1. The van der Waals surface area contributed by atoms with E-state index in [1.165, 1.54) is 12.1 Å². The summed E-state index contributed by atoms with van der Waals surface area (Å²) >= 11 is 0. The highest BCUT2D eigenvalue weighted by molar-refractivity contribution is 6.01. The standard InChI is InChI=1S/C21H27F2N3O4/c1-21(2,3)30-20(29)26-8-6-12(7-9-26)18-14(22)10-13(11-15(18)23)24-16-4-5-17(27)25-19(16)28/h10-12,16,24H,4-9H2,1-3H3,(H,25,27,28). The van der Waals surface area contributed by atoms with Gasteiger partial charge in [0, 0.05) is 30.8 Å². The summed E-state index contributed by atoms with van der Waals surface area (Å²) in [6.45, 7) is 6.07. The van der Waals surface area contributed by atoms with Gasteiger partial charge >= 0.3 is 6.09 Å². The van der Waals surface area contributed by atoms with Gasteiger partial charge in [-0.05, 0) is 58.1 Å². The number of rotatable bonds is 3. The van der Waals surface area contributed by atoms with Crippen molar-refractivity contribution in [3.05, 3.63) is 29.3 Å². The molecule has 1 aromatic carbocycles. The van der Waals surface area contributed by atoms with Crippen LogP contribution in [-0.4, -0.2) is 47.5 Å². The number of likely N-dealkylation sites (tertiary alicyclic amines) is 1. The van der Waals surface area contributed by atoms with E-state index in [0.29, 0.717) is 25.9 Å². The summed E-state index contributed by atoms with van der Waals surface area (Å²) in [5.41, 5.74) is -0.459. The Bertz CT molecular complexity index is 822. The van der Waals surface area contributed by atoms with Crippen molar-refractivity contribution in [1.82, 2.24) is 10.2 Å². The lowest BCUT2D eigenvalue weighted by atomic mass is 9.88. The van der Waals surface area contributed by atoms with Crippen LogP contribution in [0.3, 0.4) is 0 Å². The van der Waals surface area contributed by atoms with Gasteiger partial charge in [-0.15, -0.1) is 0 Å². The molecule has 164 valence electrons. The predicted octanol–water partition coefficient (Wildman–Crippen LogP) is 3.30. The Kier molecular flexibility index (Phi) is 6.28. The minimum atomic E-state index is -0.718. The van der Waals surface area contributed by atoms with Crippen LogP contribution >= 0.6 is 0 Å². The number of imide groups is 1. The average molecular weight is 423 g/mol. The smallest absolute Gasteiger partial charge is 0.410 e. The number of halogens is 2. The lowest BCUT2D eigenvalue weighted by Crippen LogP contribution is -2.47. The maximum absolute atomic E-state index is 14.7. The van der Waals surface area contributed by atoms with Crippen molar-refractivity contribution in [2.75, 3.05) is 18.4 Å². The molecule has 0 bridgehead atoms. The van der Waals surface area contributed by atoms with Crippen LogP contribution in [-0.2, 0) is 14.3 Å². The number of benzene rings is 1. The van der Waals surface area contributed by atoms with E-state index in [2.05, 4.69) is 10.6 Å². The van der Waals surface area contributed by atoms with Crippen molar-refractivity contribution in [2.24, 2.45) is 0 Å². The maximum atomic E-state index is 14.7. The molecule has 0 saturated carbocycles. The summed E-state index contributed by atoms with van der Waals surface area (Å²) in [7, 11) is 0. The number of hydrogen-bond acceptors (Lipinski definition) is 5. The van der Waals surface area contributed by atoms with Crippen LogP contribution in [0.4, 0.5) is 19.3 Å². The number of nitrogens with one attached hydrogen (secondary N) is 2. The molecule has 3 rings (SSSR count). The molecule has 1 aromatic rings. The van der Waals surface area contributed by atoms with Gasteiger partial charge in [-0.1, -0.05) is 0 Å².